The van der Waals surface area contributed by atoms with Crippen LogP contribution >= 0.6 is 31.9 Å². The number of hydrogen-bond acceptors (Lipinski definition) is 7. The average molecular weight is 539 g/mol. The third-order valence-electron chi connectivity index (χ3n) is 3.96. The Hall–Kier alpha value is -2.72. The van der Waals surface area contributed by atoms with Crippen LogP contribution in [0.1, 0.15) is 18.1 Å². The number of amides is 1. The Balaban J connectivity index is 1.85. The molecular weight excluding hydrogens is 522 g/mol. The number of benzene rings is 2. The quantitative estimate of drug-likeness (QED) is 0.327. The van der Waals surface area contributed by atoms with E-state index in [-0.39, 0.29) is 18.2 Å². The minimum Gasteiger partial charge on any atom is -0.490 e. The summed E-state index contributed by atoms with van der Waals surface area (Å²) >= 11 is 6.80. The highest BCUT2D eigenvalue weighted by atomic mass is 79.9. The van der Waals surface area contributed by atoms with E-state index in [0.29, 0.717) is 39.4 Å². The van der Waals surface area contributed by atoms with Crippen LogP contribution in [0, 0.1) is 0 Å². The molecule has 30 heavy (non-hydrogen) atoms. The molecule has 10 heteroatoms. The molecule has 1 aliphatic heterocycles. The van der Waals surface area contributed by atoms with Crippen molar-refractivity contribution in [3.05, 3.63) is 50.4 Å². The molecule has 1 amide bonds. The molecule has 8 nitrogen and oxygen atoms in total. The first-order valence-corrected chi connectivity index (χ1v) is 10.4. The molecule has 1 N–H and O–H groups in total. The first-order valence-electron chi connectivity index (χ1n) is 8.81. The molecule has 1 heterocycles. The Bertz CT molecular complexity index is 1050. The van der Waals surface area contributed by atoms with Crippen LogP contribution in [-0.2, 0) is 14.3 Å². The minimum atomic E-state index is -0.507. The van der Waals surface area contributed by atoms with Crippen LogP contribution in [-0.4, -0.2) is 44.1 Å². The third kappa shape index (κ3) is 5.06. The molecule has 0 saturated heterocycles. The number of methoxy groups -OCH3 is 1. The first-order chi connectivity index (χ1) is 14.4. The lowest BCUT2D eigenvalue weighted by Crippen LogP contribution is -2.14. The fourth-order valence-electron chi connectivity index (χ4n) is 2.63. The second kappa shape index (κ2) is 9.86. The lowest BCUT2D eigenvalue weighted by atomic mass is 10.1. The van der Waals surface area contributed by atoms with Crippen LogP contribution in [0.3, 0.4) is 0 Å². The number of rotatable bonds is 7. The Morgan fingerprint density at radius 3 is 2.73 bits per heavy atom. The molecule has 0 aliphatic carbocycles. The van der Waals surface area contributed by atoms with Crippen molar-refractivity contribution in [2.24, 2.45) is 10.2 Å². The zero-order valence-corrected chi connectivity index (χ0v) is 19.2. The van der Waals surface area contributed by atoms with Crippen molar-refractivity contribution < 1.29 is 23.8 Å². The Morgan fingerprint density at radius 2 is 2.00 bits per heavy atom. The van der Waals surface area contributed by atoms with Gasteiger partial charge in [0.2, 0.25) is 0 Å². The maximum absolute atomic E-state index is 12.2. The van der Waals surface area contributed by atoms with E-state index in [1.54, 1.807) is 24.3 Å². The van der Waals surface area contributed by atoms with Gasteiger partial charge in [0, 0.05) is 10.0 Å². The van der Waals surface area contributed by atoms with Crippen molar-refractivity contribution in [2.75, 3.05) is 25.6 Å². The van der Waals surface area contributed by atoms with Crippen molar-refractivity contribution in [1.82, 2.24) is 0 Å². The zero-order chi connectivity index (χ0) is 21.7. The van der Waals surface area contributed by atoms with Crippen molar-refractivity contribution in [3.63, 3.8) is 0 Å². The molecule has 0 saturated carbocycles. The Kier molecular flexibility index (Phi) is 7.22. The van der Waals surface area contributed by atoms with Crippen LogP contribution in [0.15, 0.2) is 49.5 Å². The van der Waals surface area contributed by atoms with E-state index in [1.165, 1.54) is 13.3 Å². The van der Waals surface area contributed by atoms with Gasteiger partial charge >= 0.3 is 5.97 Å². The topological polar surface area (TPSA) is 98.6 Å². The van der Waals surface area contributed by atoms with Gasteiger partial charge in [-0.25, -0.2) is 4.79 Å². The Labute approximate surface area is 189 Å². The number of carbonyl (C=O) groups is 2. The van der Waals surface area contributed by atoms with Gasteiger partial charge in [0.05, 0.1) is 30.1 Å². The second-order valence-electron chi connectivity index (χ2n) is 5.97. The van der Waals surface area contributed by atoms with E-state index in [9.17, 15) is 9.59 Å². The minimum absolute atomic E-state index is 0.227. The van der Waals surface area contributed by atoms with Gasteiger partial charge in [-0.1, -0.05) is 15.9 Å². The number of nitrogens with zero attached hydrogens (tertiary/aromatic N) is 2. The number of carbonyl (C=O) groups excluding carboxylic acids is 2. The highest BCUT2D eigenvalue weighted by Crippen LogP contribution is 2.36. The van der Waals surface area contributed by atoms with Gasteiger partial charge in [-0.3, -0.25) is 4.79 Å². The molecule has 0 radical (unpaired) electrons. The molecular formula is C20H17Br2N3O5. The smallest absolute Gasteiger partial charge is 0.343 e. The highest BCUT2D eigenvalue weighted by molar-refractivity contribution is 9.10. The SMILES string of the molecule is CCOc1cc(C=N/N=C2\C(=O)Nc3ccc(Br)cc32)cc(Br)c1OCC(=O)OC. The molecule has 3 rings (SSSR count). The summed E-state index contributed by atoms with van der Waals surface area (Å²) in [6.45, 7) is 1.98. The van der Waals surface area contributed by atoms with Crippen LogP contribution in [0.5, 0.6) is 11.5 Å². The molecule has 0 aromatic heterocycles. The monoisotopic (exact) mass is 537 g/mol. The molecule has 2 aromatic rings. The molecule has 1 aliphatic rings. The van der Waals surface area contributed by atoms with E-state index < -0.39 is 5.97 Å². The van der Waals surface area contributed by atoms with Gasteiger partial charge in [-0.15, -0.1) is 5.10 Å². The van der Waals surface area contributed by atoms with Gasteiger partial charge in [0.25, 0.3) is 5.91 Å². The van der Waals surface area contributed by atoms with Gasteiger partial charge < -0.3 is 19.5 Å². The average Bonchev–Trinajstić information content (AvgIpc) is 3.02. The molecule has 0 bridgehead atoms. The number of hydrogen-bond donors (Lipinski definition) is 1. The number of esters is 1. The number of nitrogens with one attached hydrogen (secondary N) is 1. The lowest BCUT2D eigenvalue weighted by molar-refractivity contribution is -0.142. The summed E-state index contributed by atoms with van der Waals surface area (Å²) in [5.41, 5.74) is 2.25. The van der Waals surface area contributed by atoms with Gasteiger partial charge in [0.15, 0.2) is 23.8 Å². The Morgan fingerprint density at radius 1 is 1.20 bits per heavy atom. The first kappa shape index (κ1) is 22.0. The predicted octanol–water partition coefficient (Wildman–Crippen LogP) is 3.94. The number of halogens is 2. The van der Waals surface area contributed by atoms with Crippen molar-refractivity contribution in [3.8, 4) is 11.5 Å². The summed E-state index contributed by atoms with van der Waals surface area (Å²) in [5, 5.41) is 10.9. The van der Waals surface area contributed by atoms with Crippen LogP contribution in [0.25, 0.3) is 0 Å². The fourth-order valence-corrected chi connectivity index (χ4v) is 3.57. The molecule has 0 atom stereocenters. The van der Waals surface area contributed by atoms with Crippen molar-refractivity contribution >= 4 is 61.4 Å². The second-order valence-corrected chi connectivity index (χ2v) is 7.74. The molecule has 2 aromatic carbocycles. The lowest BCUT2D eigenvalue weighted by Gasteiger charge is -2.13. The van der Waals surface area contributed by atoms with Crippen molar-refractivity contribution in [2.45, 2.75) is 6.92 Å². The number of anilines is 1. The summed E-state index contributed by atoms with van der Waals surface area (Å²) in [6.07, 6.45) is 1.49. The largest absolute Gasteiger partial charge is 0.490 e. The fraction of sp³-hybridized carbons (Fsp3) is 0.200. The van der Waals surface area contributed by atoms with Crippen LogP contribution < -0.4 is 14.8 Å². The standard InChI is InChI=1S/C20H17Br2N3O5/c1-3-29-16-7-11(6-14(22)19(16)30-10-17(26)28-2)9-23-25-18-13-8-12(21)4-5-15(13)24-20(18)27/h4-9H,3,10H2,1-2H3,(H,24,25,27). The normalized spacial score (nSPS) is 14.0. The van der Waals surface area contributed by atoms with Gasteiger partial charge in [0.1, 0.15) is 0 Å². The zero-order valence-electron chi connectivity index (χ0n) is 16.1. The van der Waals surface area contributed by atoms with E-state index >= 15 is 0 Å². The maximum atomic E-state index is 12.2. The maximum Gasteiger partial charge on any atom is 0.343 e. The molecule has 0 spiro atoms. The molecule has 156 valence electrons. The van der Waals surface area contributed by atoms with Gasteiger partial charge in [-0.05, 0) is 58.7 Å². The third-order valence-corrected chi connectivity index (χ3v) is 5.04. The molecule has 0 unspecified atom stereocenters. The van der Waals surface area contributed by atoms with Gasteiger partial charge in [-0.2, -0.15) is 5.10 Å². The summed E-state index contributed by atoms with van der Waals surface area (Å²) in [4.78, 5) is 23.5. The highest BCUT2D eigenvalue weighted by Gasteiger charge is 2.26. The summed E-state index contributed by atoms with van der Waals surface area (Å²) < 4.78 is 17.1. The van der Waals surface area contributed by atoms with E-state index in [0.717, 1.165) is 4.47 Å². The number of fused-ring (bicyclic) bond motifs is 1. The predicted molar refractivity (Wildman–Crippen MR) is 120 cm³/mol. The van der Waals surface area contributed by atoms with Crippen LogP contribution in [0.4, 0.5) is 5.69 Å². The van der Waals surface area contributed by atoms with Crippen molar-refractivity contribution in [1.29, 1.82) is 0 Å². The van der Waals surface area contributed by atoms with E-state index in [4.69, 9.17) is 9.47 Å². The molecule has 0 fully saturated rings. The summed E-state index contributed by atoms with van der Waals surface area (Å²) in [5.74, 6) is -0.0204. The van der Waals surface area contributed by atoms with Crippen LogP contribution in [0.2, 0.25) is 0 Å². The van der Waals surface area contributed by atoms with E-state index in [1.807, 2.05) is 13.0 Å². The summed E-state index contributed by atoms with van der Waals surface area (Å²) in [6, 6.07) is 8.87. The number of ether oxygens (including phenoxy) is 3. The van der Waals surface area contributed by atoms with E-state index in [2.05, 4.69) is 52.1 Å². The summed E-state index contributed by atoms with van der Waals surface area (Å²) in [7, 11) is 1.28.